The van der Waals surface area contributed by atoms with E-state index < -0.39 is 0 Å². The second kappa shape index (κ2) is 6.60. The van der Waals surface area contributed by atoms with Crippen LogP contribution in [-0.2, 0) is 11.8 Å². The van der Waals surface area contributed by atoms with Gasteiger partial charge >= 0.3 is 0 Å². The number of nitrogens with zero attached hydrogens (tertiary/aromatic N) is 3. The van der Waals surface area contributed by atoms with Gasteiger partial charge in [0.1, 0.15) is 11.4 Å². The average molecular weight is 321 g/mol. The molecule has 7 heteroatoms. The molecule has 1 fully saturated rings. The minimum atomic E-state index is -0.0678. The summed E-state index contributed by atoms with van der Waals surface area (Å²) in [5.74, 6) is -0.0989. The molecule has 3 rings (SSSR count). The zero-order chi connectivity index (χ0) is 15.5. The molecule has 1 N–H and O–H groups in total. The van der Waals surface area contributed by atoms with E-state index in [1.165, 1.54) is 0 Å². The molecular formula is C15H19N3O3S. The number of aromatic nitrogens is 2. The number of ether oxygens (including phenoxy) is 1. The van der Waals surface area contributed by atoms with E-state index in [0.717, 1.165) is 10.6 Å². The molecule has 0 bridgehead atoms. The number of hydrogen-bond acceptors (Lipinski definition) is 5. The van der Waals surface area contributed by atoms with Gasteiger partial charge < -0.3 is 14.7 Å². The molecule has 6 nitrogen and oxygen atoms in total. The molecule has 3 heterocycles. The molecule has 1 saturated heterocycles. The van der Waals surface area contributed by atoms with E-state index in [-0.39, 0.29) is 18.4 Å². The van der Waals surface area contributed by atoms with Crippen LogP contribution in [0.1, 0.15) is 10.5 Å². The van der Waals surface area contributed by atoms with Gasteiger partial charge in [-0.3, -0.25) is 9.48 Å². The molecule has 1 unspecified atom stereocenters. The van der Waals surface area contributed by atoms with Crippen LogP contribution in [0.25, 0.3) is 10.6 Å². The van der Waals surface area contributed by atoms with E-state index in [9.17, 15) is 9.90 Å². The lowest BCUT2D eigenvalue weighted by Gasteiger charge is -2.22. The SMILES string of the molecule is Cn1nc(-c2cccs2)cc1C(=O)N1CCOCC(CO)C1. The normalized spacial score (nSPS) is 19.2. The lowest BCUT2D eigenvalue weighted by atomic mass is 10.1. The van der Waals surface area contributed by atoms with Crippen LogP contribution in [0.3, 0.4) is 0 Å². The highest BCUT2D eigenvalue weighted by atomic mass is 32.1. The summed E-state index contributed by atoms with van der Waals surface area (Å²) >= 11 is 1.60. The molecule has 0 spiro atoms. The summed E-state index contributed by atoms with van der Waals surface area (Å²) in [6.45, 7) is 2.06. The minimum absolute atomic E-state index is 0.0234. The first-order chi connectivity index (χ1) is 10.7. The summed E-state index contributed by atoms with van der Waals surface area (Å²) in [4.78, 5) is 15.5. The number of rotatable bonds is 3. The highest BCUT2D eigenvalue weighted by Crippen LogP contribution is 2.24. The molecule has 118 valence electrons. The topological polar surface area (TPSA) is 67.6 Å². The Labute approximate surface area is 132 Å². The van der Waals surface area contributed by atoms with Gasteiger partial charge in [-0.15, -0.1) is 11.3 Å². The van der Waals surface area contributed by atoms with Crippen LogP contribution in [0.4, 0.5) is 0 Å². The lowest BCUT2D eigenvalue weighted by molar-refractivity contribution is 0.0717. The number of thiophene rings is 1. The molecule has 1 aliphatic heterocycles. The first-order valence-corrected chi connectivity index (χ1v) is 8.13. The number of aryl methyl sites for hydroxylation is 1. The number of aliphatic hydroxyl groups is 1. The highest BCUT2D eigenvalue weighted by molar-refractivity contribution is 7.13. The van der Waals surface area contributed by atoms with Crippen LogP contribution in [-0.4, -0.2) is 58.6 Å². The predicted octanol–water partition coefficient (Wildman–Crippen LogP) is 1.23. The maximum absolute atomic E-state index is 12.7. The third kappa shape index (κ3) is 3.06. The van der Waals surface area contributed by atoms with Crippen molar-refractivity contribution in [3.05, 3.63) is 29.3 Å². The van der Waals surface area contributed by atoms with Crippen LogP contribution in [0.5, 0.6) is 0 Å². The van der Waals surface area contributed by atoms with Gasteiger partial charge in [0.15, 0.2) is 0 Å². The second-order valence-electron chi connectivity index (χ2n) is 5.39. The van der Waals surface area contributed by atoms with Gasteiger partial charge in [0.25, 0.3) is 5.91 Å². The number of carbonyl (C=O) groups excluding carboxylic acids is 1. The number of aliphatic hydroxyl groups excluding tert-OH is 1. The van der Waals surface area contributed by atoms with Crippen LogP contribution in [0, 0.1) is 5.92 Å². The van der Waals surface area contributed by atoms with Crippen molar-refractivity contribution in [3.63, 3.8) is 0 Å². The zero-order valence-electron chi connectivity index (χ0n) is 12.4. The maximum Gasteiger partial charge on any atom is 0.272 e. The second-order valence-corrected chi connectivity index (χ2v) is 6.34. The van der Waals surface area contributed by atoms with E-state index >= 15 is 0 Å². The van der Waals surface area contributed by atoms with Gasteiger partial charge in [0.05, 0.1) is 18.1 Å². The first kappa shape index (κ1) is 15.2. The van der Waals surface area contributed by atoms with Crippen LogP contribution in [0.15, 0.2) is 23.6 Å². The van der Waals surface area contributed by atoms with E-state index in [0.29, 0.717) is 32.0 Å². The number of carbonyl (C=O) groups is 1. The predicted molar refractivity (Wildman–Crippen MR) is 83.8 cm³/mol. The van der Waals surface area contributed by atoms with Gasteiger partial charge in [0, 0.05) is 32.7 Å². The smallest absolute Gasteiger partial charge is 0.272 e. The molecule has 0 saturated carbocycles. The van der Waals surface area contributed by atoms with Crippen molar-refractivity contribution in [2.24, 2.45) is 13.0 Å². The third-order valence-corrected chi connectivity index (χ3v) is 4.65. The molecule has 0 aliphatic carbocycles. The van der Waals surface area contributed by atoms with Crippen LogP contribution < -0.4 is 0 Å². The Bertz CT molecular complexity index is 639. The molecule has 1 amide bonds. The fraction of sp³-hybridized carbons (Fsp3) is 0.467. The van der Waals surface area contributed by atoms with Crippen molar-refractivity contribution in [1.29, 1.82) is 0 Å². The van der Waals surface area contributed by atoms with E-state index in [4.69, 9.17) is 4.74 Å². The number of amides is 1. The van der Waals surface area contributed by atoms with Gasteiger partial charge in [-0.05, 0) is 17.5 Å². The molecular weight excluding hydrogens is 302 g/mol. The third-order valence-electron chi connectivity index (χ3n) is 3.76. The van der Waals surface area contributed by atoms with E-state index in [2.05, 4.69) is 5.10 Å². The van der Waals surface area contributed by atoms with Gasteiger partial charge in [-0.25, -0.2) is 0 Å². The molecule has 2 aromatic rings. The summed E-state index contributed by atoms with van der Waals surface area (Å²) < 4.78 is 7.06. The summed E-state index contributed by atoms with van der Waals surface area (Å²) in [6.07, 6.45) is 0. The Hall–Kier alpha value is -1.70. The molecule has 22 heavy (non-hydrogen) atoms. The fourth-order valence-electron chi connectivity index (χ4n) is 2.55. The monoisotopic (exact) mass is 321 g/mol. The van der Waals surface area contributed by atoms with Crippen molar-refractivity contribution >= 4 is 17.2 Å². The fourth-order valence-corrected chi connectivity index (χ4v) is 3.23. The molecule has 2 aromatic heterocycles. The molecule has 1 atom stereocenters. The number of hydrogen-bond donors (Lipinski definition) is 1. The molecule has 1 aliphatic rings. The van der Waals surface area contributed by atoms with E-state index in [1.807, 2.05) is 23.6 Å². The molecule has 0 radical (unpaired) electrons. The summed E-state index contributed by atoms with van der Waals surface area (Å²) in [7, 11) is 1.78. The minimum Gasteiger partial charge on any atom is -0.396 e. The Balaban J connectivity index is 1.82. The summed E-state index contributed by atoms with van der Waals surface area (Å²) in [5.41, 5.74) is 1.37. The Morgan fingerprint density at radius 1 is 1.59 bits per heavy atom. The van der Waals surface area contributed by atoms with Crippen molar-refractivity contribution in [2.45, 2.75) is 0 Å². The van der Waals surface area contributed by atoms with Crippen molar-refractivity contribution in [2.75, 3.05) is 32.9 Å². The van der Waals surface area contributed by atoms with E-state index in [1.54, 1.807) is 28.0 Å². The summed E-state index contributed by atoms with van der Waals surface area (Å²) in [5, 5.41) is 15.8. The van der Waals surface area contributed by atoms with Gasteiger partial charge in [0.2, 0.25) is 0 Å². The van der Waals surface area contributed by atoms with Gasteiger partial charge in [-0.2, -0.15) is 5.10 Å². The van der Waals surface area contributed by atoms with Crippen LogP contribution >= 0.6 is 11.3 Å². The van der Waals surface area contributed by atoms with Crippen molar-refractivity contribution in [1.82, 2.24) is 14.7 Å². The Kier molecular flexibility index (Phi) is 4.56. The summed E-state index contributed by atoms with van der Waals surface area (Å²) in [6, 6.07) is 5.78. The first-order valence-electron chi connectivity index (χ1n) is 7.25. The standard InChI is InChI=1S/C15H19N3O3S/c1-17-13(7-12(16-17)14-3-2-6-22-14)15(20)18-4-5-21-10-11(8-18)9-19/h2-3,6-7,11,19H,4-5,8-10H2,1H3. The maximum atomic E-state index is 12.7. The van der Waals surface area contributed by atoms with Crippen molar-refractivity contribution in [3.8, 4) is 10.6 Å². The van der Waals surface area contributed by atoms with Crippen molar-refractivity contribution < 1.29 is 14.6 Å². The zero-order valence-corrected chi connectivity index (χ0v) is 13.3. The van der Waals surface area contributed by atoms with Gasteiger partial charge in [-0.1, -0.05) is 6.07 Å². The Morgan fingerprint density at radius 3 is 3.18 bits per heavy atom. The average Bonchev–Trinajstić information content (AvgIpc) is 3.10. The highest BCUT2D eigenvalue weighted by Gasteiger charge is 2.25. The lowest BCUT2D eigenvalue weighted by Crippen LogP contribution is -2.37. The molecule has 0 aromatic carbocycles. The Morgan fingerprint density at radius 2 is 2.45 bits per heavy atom. The van der Waals surface area contributed by atoms with Crippen LogP contribution in [0.2, 0.25) is 0 Å². The largest absolute Gasteiger partial charge is 0.396 e. The quantitative estimate of drug-likeness (QED) is 0.923.